The molecule has 1 aliphatic rings. The van der Waals surface area contributed by atoms with Crippen molar-refractivity contribution < 1.29 is 4.79 Å². The average Bonchev–Trinajstić information content (AvgIpc) is 2.45. The van der Waals surface area contributed by atoms with Crippen LogP contribution in [-0.2, 0) is 6.42 Å². The zero-order valence-corrected chi connectivity index (χ0v) is 8.47. The van der Waals surface area contributed by atoms with Crippen molar-refractivity contribution in [1.82, 2.24) is 10.2 Å². The topological polar surface area (TPSA) is 54.9 Å². The zero-order chi connectivity index (χ0) is 11.0. The largest absolute Gasteiger partial charge is 0.322 e. The molecule has 0 aliphatic carbocycles. The predicted molar refractivity (Wildman–Crippen MR) is 59.2 cm³/mol. The lowest BCUT2D eigenvalue weighted by Gasteiger charge is -2.04. The number of hydrogen-bond donors (Lipinski definition) is 1. The number of nitrogens with one attached hydrogen (secondary N) is 1. The van der Waals surface area contributed by atoms with Crippen LogP contribution in [0.3, 0.4) is 0 Å². The number of aromatic nitrogens is 2. The van der Waals surface area contributed by atoms with Crippen LogP contribution in [0, 0.1) is 0 Å². The minimum Gasteiger partial charge on any atom is -0.322 e. The molecule has 16 heavy (non-hydrogen) atoms. The van der Waals surface area contributed by atoms with Gasteiger partial charge in [-0.15, -0.1) is 0 Å². The van der Waals surface area contributed by atoms with E-state index in [0.717, 1.165) is 16.9 Å². The maximum absolute atomic E-state index is 11.9. The van der Waals surface area contributed by atoms with E-state index in [9.17, 15) is 4.79 Å². The van der Waals surface area contributed by atoms with E-state index >= 15 is 0 Å². The van der Waals surface area contributed by atoms with E-state index in [1.807, 2.05) is 24.3 Å². The lowest BCUT2D eigenvalue weighted by atomic mass is 10.1. The van der Waals surface area contributed by atoms with E-state index in [1.165, 1.54) is 6.20 Å². The molecular weight excluding hydrogens is 202 g/mol. The third kappa shape index (κ3) is 1.35. The molecule has 0 saturated heterocycles. The van der Waals surface area contributed by atoms with Gasteiger partial charge in [0.05, 0.1) is 17.5 Å². The van der Waals surface area contributed by atoms with Crippen molar-refractivity contribution in [3.05, 3.63) is 53.3 Å². The van der Waals surface area contributed by atoms with Gasteiger partial charge in [-0.25, -0.2) is 0 Å². The highest BCUT2D eigenvalue weighted by Crippen LogP contribution is 2.23. The number of benzene rings is 1. The number of rotatable bonds is 0. The first-order valence-electron chi connectivity index (χ1n) is 5.04. The molecule has 0 radical (unpaired) electrons. The Hall–Kier alpha value is -2.23. The molecule has 0 spiro atoms. The molecule has 0 unspecified atom stereocenters. The number of carbonyl (C=O) groups excluding carboxylic acids is 1. The average molecular weight is 211 g/mol. The maximum atomic E-state index is 11.9. The van der Waals surface area contributed by atoms with Crippen LogP contribution in [0.25, 0.3) is 0 Å². The Bertz CT molecular complexity index is 566. The van der Waals surface area contributed by atoms with Gasteiger partial charge in [-0.3, -0.25) is 4.79 Å². The highest BCUT2D eigenvalue weighted by molar-refractivity contribution is 6.06. The van der Waals surface area contributed by atoms with Gasteiger partial charge in [-0.2, -0.15) is 10.2 Å². The SMILES string of the molecule is O=C1Nc2ccccc2Cc2nnccc21. The van der Waals surface area contributed by atoms with Crippen molar-refractivity contribution in [3.63, 3.8) is 0 Å². The summed E-state index contributed by atoms with van der Waals surface area (Å²) in [6.45, 7) is 0. The van der Waals surface area contributed by atoms with Crippen LogP contribution in [0.2, 0.25) is 0 Å². The van der Waals surface area contributed by atoms with Crippen LogP contribution < -0.4 is 5.32 Å². The zero-order valence-electron chi connectivity index (χ0n) is 8.47. The van der Waals surface area contributed by atoms with Gasteiger partial charge >= 0.3 is 0 Å². The fourth-order valence-corrected chi connectivity index (χ4v) is 1.86. The molecule has 2 heterocycles. The quantitative estimate of drug-likeness (QED) is 0.720. The van der Waals surface area contributed by atoms with E-state index < -0.39 is 0 Å². The summed E-state index contributed by atoms with van der Waals surface area (Å²) < 4.78 is 0. The smallest absolute Gasteiger partial charge is 0.257 e. The lowest BCUT2D eigenvalue weighted by Crippen LogP contribution is -2.12. The van der Waals surface area contributed by atoms with Crippen molar-refractivity contribution in [2.24, 2.45) is 0 Å². The van der Waals surface area contributed by atoms with Gasteiger partial charge in [0.2, 0.25) is 0 Å². The first-order chi connectivity index (χ1) is 7.84. The standard InChI is InChI=1S/C12H9N3O/c16-12-9-5-6-13-15-11(9)7-8-3-1-2-4-10(8)14-12/h1-6H,7H2,(H,14,16). The summed E-state index contributed by atoms with van der Waals surface area (Å²) in [6.07, 6.45) is 2.17. The Morgan fingerprint density at radius 1 is 1.19 bits per heavy atom. The number of anilines is 1. The highest BCUT2D eigenvalue weighted by atomic mass is 16.1. The minimum atomic E-state index is -0.116. The summed E-state index contributed by atoms with van der Waals surface area (Å²) >= 11 is 0. The van der Waals surface area contributed by atoms with Crippen LogP contribution in [-0.4, -0.2) is 16.1 Å². The number of carbonyl (C=O) groups is 1. The monoisotopic (exact) mass is 211 g/mol. The molecule has 1 aromatic heterocycles. The Labute approximate surface area is 92.3 Å². The van der Waals surface area contributed by atoms with Gasteiger partial charge in [0.25, 0.3) is 5.91 Å². The van der Waals surface area contributed by atoms with E-state index in [-0.39, 0.29) is 5.91 Å². The molecule has 4 heteroatoms. The van der Waals surface area contributed by atoms with Crippen LogP contribution in [0.4, 0.5) is 5.69 Å². The normalized spacial score (nSPS) is 13.4. The molecule has 2 aromatic rings. The molecule has 1 aliphatic heterocycles. The third-order valence-electron chi connectivity index (χ3n) is 2.67. The Balaban J connectivity index is 2.18. The van der Waals surface area contributed by atoms with Gasteiger partial charge in [-0.1, -0.05) is 18.2 Å². The van der Waals surface area contributed by atoms with Gasteiger partial charge in [0, 0.05) is 12.1 Å². The first kappa shape index (κ1) is 9.03. The van der Waals surface area contributed by atoms with E-state index in [1.54, 1.807) is 6.07 Å². The summed E-state index contributed by atoms with van der Waals surface area (Å²) in [5.74, 6) is -0.116. The second-order valence-corrected chi connectivity index (χ2v) is 3.68. The summed E-state index contributed by atoms with van der Waals surface area (Å²) in [5, 5.41) is 10.7. The third-order valence-corrected chi connectivity index (χ3v) is 2.67. The second-order valence-electron chi connectivity index (χ2n) is 3.68. The van der Waals surface area contributed by atoms with Crippen molar-refractivity contribution in [2.75, 3.05) is 5.32 Å². The van der Waals surface area contributed by atoms with Gasteiger partial charge in [-0.05, 0) is 17.7 Å². The molecule has 1 aromatic carbocycles. The van der Waals surface area contributed by atoms with E-state index in [0.29, 0.717) is 12.0 Å². The summed E-state index contributed by atoms with van der Waals surface area (Å²) in [7, 11) is 0. The Morgan fingerprint density at radius 2 is 2.06 bits per heavy atom. The lowest BCUT2D eigenvalue weighted by molar-refractivity contribution is 0.102. The second kappa shape index (κ2) is 3.41. The summed E-state index contributed by atoms with van der Waals surface area (Å²) in [4.78, 5) is 11.9. The minimum absolute atomic E-state index is 0.116. The molecule has 3 rings (SSSR count). The summed E-state index contributed by atoms with van der Waals surface area (Å²) in [5.41, 5.74) is 3.25. The molecule has 1 amide bonds. The molecule has 78 valence electrons. The van der Waals surface area contributed by atoms with Crippen LogP contribution in [0.5, 0.6) is 0 Å². The van der Waals surface area contributed by atoms with Crippen molar-refractivity contribution in [3.8, 4) is 0 Å². The molecule has 0 saturated carbocycles. The van der Waals surface area contributed by atoms with Crippen molar-refractivity contribution in [2.45, 2.75) is 6.42 Å². The number of amides is 1. The predicted octanol–water partition coefficient (Wildman–Crippen LogP) is 1.63. The van der Waals surface area contributed by atoms with Crippen LogP contribution in [0.1, 0.15) is 21.6 Å². The number of fused-ring (bicyclic) bond motifs is 2. The van der Waals surface area contributed by atoms with E-state index in [2.05, 4.69) is 15.5 Å². The van der Waals surface area contributed by atoms with Gasteiger partial charge < -0.3 is 5.32 Å². The van der Waals surface area contributed by atoms with Crippen molar-refractivity contribution in [1.29, 1.82) is 0 Å². The molecule has 0 fully saturated rings. The Morgan fingerprint density at radius 3 is 3.00 bits per heavy atom. The molecule has 1 N–H and O–H groups in total. The fourth-order valence-electron chi connectivity index (χ4n) is 1.86. The number of para-hydroxylation sites is 1. The van der Waals surface area contributed by atoms with Crippen LogP contribution in [0.15, 0.2) is 36.5 Å². The van der Waals surface area contributed by atoms with Gasteiger partial charge in [0.15, 0.2) is 0 Å². The summed E-state index contributed by atoms with van der Waals surface area (Å²) in [6, 6.07) is 9.43. The number of nitrogens with zero attached hydrogens (tertiary/aromatic N) is 2. The highest BCUT2D eigenvalue weighted by Gasteiger charge is 2.19. The van der Waals surface area contributed by atoms with E-state index in [4.69, 9.17) is 0 Å². The van der Waals surface area contributed by atoms with Crippen LogP contribution >= 0.6 is 0 Å². The fraction of sp³-hybridized carbons (Fsp3) is 0.0833. The van der Waals surface area contributed by atoms with Gasteiger partial charge in [0.1, 0.15) is 0 Å². The molecule has 0 atom stereocenters. The van der Waals surface area contributed by atoms with Crippen molar-refractivity contribution >= 4 is 11.6 Å². The first-order valence-corrected chi connectivity index (χ1v) is 5.04. The molecular formula is C12H9N3O. The maximum Gasteiger partial charge on any atom is 0.257 e. The molecule has 4 nitrogen and oxygen atoms in total. The molecule has 0 bridgehead atoms. The number of hydrogen-bond acceptors (Lipinski definition) is 3. The Kier molecular flexibility index (Phi) is 1.93.